The molecule has 0 aromatic carbocycles. The van der Waals surface area contributed by atoms with E-state index in [-0.39, 0.29) is 0 Å². The van der Waals surface area contributed by atoms with E-state index in [1.54, 1.807) is 0 Å². The summed E-state index contributed by atoms with van der Waals surface area (Å²) in [4.78, 5) is 10.1. The zero-order valence-electron chi connectivity index (χ0n) is 21.9. The highest BCUT2D eigenvalue weighted by Gasteiger charge is 1.92. The normalized spacial score (nSPS) is 11.0. The fourth-order valence-corrected chi connectivity index (χ4v) is 2.90. The fourth-order valence-electron chi connectivity index (χ4n) is 2.90. The smallest absolute Gasteiger partial charge is 0.185 e. The van der Waals surface area contributed by atoms with Gasteiger partial charge in [0.2, 0.25) is 0 Å². The van der Waals surface area contributed by atoms with Crippen molar-refractivity contribution in [1.82, 2.24) is 0 Å². The van der Waals surface area contributed by atoms with Crippen LogP contribution in [0.2, 0.25) is 0 Å². The van der Waals surface area contributed by atoms with Gasteiger partial charge in [0.05, 0.1) is 0 Å². The van der Waals surface area contributed by atoms with Crippen molar-refractivity contribution in [3.63, 3.8) is 0 Å². The van der Waals surface area contributed by atoms with Gasteiger partial charge in [-0.1, -0.05) is 58.1 Å². The first-order valence-corrected chi connectivity index (χ1v) is 11.9. The minimum absolute atomic E-state index is 0.968. The molecule has 0 amide bonds. The molecule has 2 heteroatoms. The number of rotatable bonds is 15. The quantitative estimate of drug-likeness (QED) is 0.0632. The van der Waals surface area contributed by atoms with Gasteiger partial charge in [0, 0.05) is 0 Å². The molecule has 0 aliphatic carbocycles. The summed E-state index contributed by atoms with van der Waals surface area (Å²) in [7, 11) is 0. The highest BCUT2D eigenvalue weighted by molar-refractivity contribution is 5.06. The first-order valence-electron chi connectivity index (χ1n) is 11.9. The first kappa shape index (κ1) is 29.6. The van der Waals surface area contributed by atoms with Crippen LogP contribution in [0.3, 0.4) is 0 Å². The Bertz CT molecular complexity index is 711. The van der Waals surface area contributed by atoms with E-state index >= 15 is 0 Å². The predicted molar refractivity (Wildman–Crippen MR) is 140 cm³/mol. The number of allylic oxidation sites excluding steroid dienone is 10. The van der Waals surface area contributed by atoms with Crippen molar-refractivity contribution in [2.45, 2.75) is 107 Å². The molecule has 0 aromatic heterocycles. The molecule has 0 aliphatic heterocycles. The molecule has 0 saturated carbocycles. The number of hydrogen-bond acceptors (Lipinski definition) is 2. The van der Waals surface area contributed by atoms with E-state index in [9.17, 15) is 0 Å². The summed E-state index contributed by atoms with van der Waals surface area (Å²) in [6.07, 6.45) is 20.6. The minimum Gasteiger partial charge on any atom is -0.289 e. The van der Waals surface area contributed by atoms with Crippen LogP contribution in [0, 0.1) is 0 Å². The summed E-state index contributed by atoms with van der Waals surface area (Å²) in [5.74, 6) is 0. The summed E-state index contributed by atoms with van der Waals surface area (Å²) in [6.45, 7) is 17.1. The van der Waals surface area contributed by atoms with Crippen molar-refractivity contribution in [1.29, 1.82) is 0 Å². The third-order valence-corrected chi connectivity index (χ3v) is 4.97. The molecular formula is C30H46O2. The van der Waals surface area contributed by atoms with E-state index in [4.69, 9.17) is 9.78 Å². The van der Waals surface area contributed by atoms with Gasteiger partial charge in [-0.25, -0.2) is 0 Å². The van der Waals surface area contributed by atoms with Gasteiger partial charge in [0.25, 0.3) is 0 Å². The van der Waals surface area contributed by atoms with Crippen LogP contribution >= 0.6 is 0 Å². The SMILES string of the molecule is CC(=C=COOC=C=C(C)CCC=C(C)CCC=C(C)C)CCC=C(C)CCC=C(C)C. The molecule has 0 heterocycles. The van der Waals surface area contributed by atoms with Crippen molar-refractivity contribution in [3.05, 3.63) is 81.7 Å². The van der Waals surface area contributed by atoms with Crippen LogP contribution in [0.15, 0.2) is 81.7 Å². The van der Waals surface area contributed by atoms with E-state index < -0.39 is 0 Å². The maximum Gasteiger partial charge on any atom is 0.185 e. The topological polar surface area (TPSA) is 18.5 Å². The van der Waals surface area contributed by atoms with Gasteiger partial charge in [-0.05, 0) is 118 Å². The zero-order chi connectivity index (χ0) is 24.2. The van der Waals surface area contributed by atoms with Gasteiger partial charge in [-0.2, -0.15) is 0 Å². The highest BCUT2D eigenvalue weighted by atomic mass is 17.2. The molecule has 0 atom stereocenters. The van der Waals surface area contributed by atoms with Crippen LogP contribution in [0.1, 0.15) is 107 Å². The van der Waals surface area contributed by atoms with Gasteiger partial charge >= 0.3 is 0 Å². The van der Waals surface area contributed by atoms with Crippen molar-refractivity contribution < 1.29 is 9.78 Å². The Balaban J connectivity index is 4.20. The molecule has 0 fully saturated rings. The Morgan fingerprint density at radius 1 is 0.500 bits per heavy atom. The highest BCUT2D eigenvalue weighted by Crippen LogP contribution is 2.12. The lowest BCUT2D eigenvalue weighted by Crippen LogP contribution is -1.81. The molecule has 0 saturated heterocycles. The molecule has 0 aliphatic rings. The third-order valence-electron chi connectivity index (χ3n) is 4.97. The molecular weight excluding hydrogens is 392 g/mol. The average Bonchev–Trinajstić information content (AvgIpc) is 2.70. The van der Waals surface area contributed by atoms with Gasteiger partial charge < -0.3 is 0 Å². The maximum absolute atomic E-state index is 5.04. The predicted octanol–water partition coefficient (Wildman–Crippen LogP) is 10.00. The second kappa shape index (κ2) is 19.3. The lowest BCUT2D eigenvalue weighted by atomic mass is 10.1. The Labute approximate surface area is 198 Å². The Morgan fingerprint density at radius 2 is 0.844 bits per heavy atom. The summed E-state index contributed by atoms with van der Waals surface area (Å²) >= 11 is 0. The van der Waals surface area contributed by atoms with Gasteiger partial charge in [0.15, 0.2) is 12.5 Å². The molecule has 0 bridgehead atoms. The zero-order valence-corrected chi connectivity index (χ0v) is 21.9. The van der Waals surface area contributed by atoms with Gasteiger partial charge in [0.1, 0.15) is 0 Å². The number of hydrogen-bond donors (Lipinski definition) is 0. The van der Waals surface area contributed by atoms with Crippen molar-refractivity contribution in [2.75, 3.05) is 0 Å². The van der Waals surface area contributed by atoms with E-state index in [1.807, 2.05) is 0 Å². The van der Waals surface area contributed by atoms with Crippen molar-refractivity contribution >= 4 is 0 Å². The summed E-state index contributed by atoms with van der Waals surface area (Å²) in [6, 6.07) is 0. The van der Waals surface area contributed by atoms with E-state index in [0.717, 1.165) is 62.5 Å². The largest absolute Gasteiger partial charge is 0.289 e. The monoisotopic (exact) mass is 438 g/mol. The summed E-state index contributed by atoms with van der Waals surface area (Å²) in [5, 5.41) is 0. The lowest BCUT2D eigenvalue weighted by molar-refractivity contribution is -0.195. The summed E-state index contributed by atoms with van der Waals surface area (Å²) in [5.41, 5.74) is 14.2. The van der Waals surface area contributed by atoms with Gasteiger partial charge in [-0.15, -0.1) is 0 Å². The van der Waals surface area contributed by atoms with Crippen LogP contribution in [-0.4, -0.2) is 0 Å². The summed E-state index contributed by atoms with van der Waals surface area (Å²) < 4.78 is 0. The Morgan fingerprint density at radius 3 is 1.19 bits per heavy atom. The Hall–Kier alpha value is -2.40. The van der Waals surface area contributed by atoms with Gasteiger partial charge in [-0.3, -0.25) is 9.78 Å². The Kier molecular flexibility index (Phi) is 17.9. The lowest BCUT2D eigenvalue weighted by Gasteiger charge is -2.00. The molecule has 0 radical (unpaired) electrons. The van der Waals surface area contributed by atoms with Crippen molar-refractivity contribution in [2.24, 2.45) is 0 Å². The molecule has 0 N–H and O–H groups in total. The minimum atomic E-state index is 0.968. The molecule has 0 unspecified atom stereocenters. The van der Waals surface area contributed by atoms with E-state index in [0.29, 0.717) is 0 Å². The van der Waals surface area contributed by atoms with Crippen LogP contribution in [-0.2, 0) is 9.78 Å². The second-order valence-electron chi connectivity index (χ2n) is 9.10. The van der Waals surface area contributed by atoms with Crippen LogP contribution < -0.4 is 0 Å². The molecule has 32 heavy (non-hydrogen) atoms. The van der Waals surface area contributed by atoms with Crippen LogP contribution in [0.25, 0.3) is 0 Å². The van der Waals surface area contributed by atoms with Crippen molar-refractivity contribution in [3.8, 4) is 0 Å². The first-order chi connectivity index (χ1) is 15.2. The average molecular weight is 439 g/mol. The maximum atomic E-state index is 5.04. The fraction of sp³-hybridized carbons (Fsp3) is 0.533. The van der Waals surface area contributed by atoms with Crippen LogP contribution in [0.4, 0.5) is 0 Å². The molecule has 178 valence electrons. The molecule has 0 rings (SSSR count). The van der Waals surface area contributed by atoms with E-state index in [1.165, 1.54) is 34.8 Å². The van der Waals surface area contributed by atoms with E-state index in [2.05, 4.69) is 91.2 Å². The molecule has 2 nitrogen and oxygen atoms in total. The third kappa shape index (κ3) is 20.9. The molecule has 0 aromatic rings. The second-order valence-corrected chi connectivity index (χ2v) is 9.10. The standard InChI is InChI=1S/C30H46O2/c1-25(2)13-9-15-27(5)17-11-19-29(7)21-23-31-32-24-22-30(8)20-12-18-28(6)16-10-14-26(3)4/h13-14,17-18,23-24H,9-12,15-16,19-20H2,1-8H3. The molecule has 0 spiro atoms. The van der Waals surface area contributed by atoms with Crippen LogP contribution in [0.5, 0.6) is 0 Å².